The number of carbonyl (C=O) groups is 1. The van der Waals surface area contributed by atoms with Crippen LogP contribution in [0.2, 0.25) is 0 Å². The number of aliphatic hydroxyl groups excluding tert-OH is 1. The molecule has 0 spiro atoms. The molecule has 0 saturated carbocycles. The second kappa shape index (κ2) is 11.4. The average Bonchev–Trinajstić information content (AvgIpc) is 2.96. The number of aromatic nitrogens is 2. The standard InChI is InChI=1S/C30H38N6O2/c1-21-18-22(2)29(32-24-11-14-34(15-12-24)27-10-7-13-31-33-27)23(3)28(21)30(38)35-16-17-36(26(19-35)20-37)25-8-5-4-6-9-25/h4-10,13,18,24,26,32,37H,11-12,14-17,19-20H2,1-3H3/t26-/m0/s1. The van der Waals surface area contributed by atoms with Gasteiger partial charge >= 0.3 is 0 Å². The summed E-state index contributed by atoms with van der Waals surface area (Å²) in [5.41, 5.74) is 6.10. The van der Waals surface area contributed by atoms with Crippen LogP contribution in [-0.2, 0) is 0 Å². The van der Waals surface area contributed by atoms with Gasteiger partial charge in [0.25, 0.3) is 5.91 Å². The summed E-state index contributed by atoms with van der Waals surface area (Å²) < 4.78 is 0. The molecule has 2 aliphatic rings. The van der Waals surface area contributed by atoms with Gasteiger partial charge in [0.1, 0.15) is 0 Å². The van der Waals surface area contributed by atoms with Crippen molar-refractivity contribution < 1.29 is 9.90 Å². The van der Waals surface area contributed by atoms with Crippen LogP contribution in [0.1, 0.15) is 39.9 Å². The van der Waals surface area contributed by atoms with E-state index in [-0.39, 0.29) is 18.6 Å². The molecule has 38 heavy (non-hydrogen) atoms. The maximum atomic E-state index is 13.9. The van der Waals surface area contributed by atoms with Crippen LogP contribution in [0, 0.1) is 20.8 Å². The minimum absolute atomic E-state index is 0.00457. The monoisotopic (exact) mass is 514 g/mol. The SMILES string of the molecule is Cc1cc(C)c(C(=O)N2CCN(c3ccccc3)[C@H](CO)C2)c(C)c1NC1CCN(c2cccnn2)CC1. The van der Waals surface area contributed by atoms with Crippen LogP contribution in [0.15, 0.2) is 54.7 Å². The molecule has 1 atom stereocenters. The second-order valence-electron chi connectivity index (χ2n) is 10.5. The minimum atomic E-state index is -0.127. The molecule has 2 fully saturated rings. The van der Waals surface area contributed by atoms with E-state index in [4.69, 9.17) is 0 Å². The molecule has 2 aromatic carbocycles. The van der Waals surface area contributed by atoms with Gasteiger partial charge in [0.15, 0.2) is 5.82 Å². The Hall–Kier alpha value is -3.65. The van der Waals surface area contributed by atoms with Crippen LogP contribution < -0.4 is 15.1 Å². The van der Waals surface area contributed by atoms with Gasteiger partial charge in [0, 0.05) is 61.9 Å². The van der Waals surface area contributed by atoms with Crippen molar-refractivity contribution in [3.05, 3.63) is 77.0 Å². The first kappa shape index (κ1) is 26.0. The van der Waals surface area contributed by atoms with E-state index >= 15 is 0 Å². The predicted molar refractivity (Wildman–Crippen MR) is 152 cm³/mol. The lowest BCUT2D eigenvalue weighted by Gasteiger charge is -2.42. The zero-order valence-electron chi connectivity index (χ0n) is 22.6. The first-order chi connectivity index (χ1) is 18.5. The number of aliphatic hydroxyl groups is 1. The predicted octanol–water partition coefficient (Wildman–Crippen LogP) is 3.81. The number of anilines is 3. The van der Waals surface area contributed by atoms with E-state index in [0.717, 1.165) is 65.4 Å². The van der Waals surface area contributed by atoms with Crippen molar-refractivity contribution in [3.63, 3.8) is 0 Å². The van der Waals surface area contributed by atoms with E-state index in [1.165, 1.54) is 0 Å². The minimum Gasteiger partial charge on any atom is -0.394 e. The first-order valence-electron chi connectivity index (χ1n) is 13.6. The number of para-hydroxylation sites is 1. The highest BCUT2D eigenvalue weighted by Crippen LogP contribution is 2.31. The fraction of sp³-hybridized carbons (Fsp3) is 0.433. The fourth-order valence-electron chi connectivity index (χ4n) is 5.97. The number of nitrogens with one attached hydrogen (secondary N) is 1. The van der Waals surface area contributed by atoms with Crippen molar-refractivity contribution >= 4 is 23.1 Å². The molecule has 0 radical (unpaired) electrons. The Kier molecular flexibility index (Phi) is 7.79. The van der Waals surface area contributed by atoms with Crippen molar-refractivity contribution in [2.24, 2.45) is 0 Å². The van der Waals surface area contributed by atoms with Gasteiger partial charge in [0.2, 0.25) is 0 Å². The number of piperazine rings is 1. The highest BCUT2D eigenvalue weighted by atomic mass is 16.3. The van der Waals surface area contributed by atoms with Crippen LogP contribution in [0.4, 0.5) is 17.2 Å². The largest absolute Gasteiger partial charge is 0.394 e. The quantitative estimate of drug-likeness (QED) is 0.518. The summed E-state index contributed by atoms with van der Waals surface area (Å²) in [5.74, 6) is 0.974. The van der Waals surface area contributed by atoms with Gasteiger partial charge in [0.05, 0.1) is 12.6 Å². The lowest BCUT2D eigenvalue weighted by molar-refractivity contribution is 0.0698. The van der Waals surface area contributed by atoms with Gasteiger partial charge in [-0.05, 0) is 74.6 Å². The summed E-state index contributed by atoms with van der Waals surface area (Å²) >= 11 is 0. The van der Waals surface area contributed by atoms with Crippen molar-refractivity contribution in [1.29, 1.82) is 0 Å². The molecule has 5 rings (SSSR count). The van der Waals surface area contributed by atoms with Crippen LogP contribution >= 0.6 is 0 Å². The van der Waals surface area contributed by atoms with E-state index in [1.54, 1.807) is 6.20 Å². The van der Waals surface area contributed by atoms with E-state index in [9.17, 15) is 9.90 Å². The van der Waals surface area contributed by atoms with E-state index in [1.807, 2.05) is 42.2 Å². The zero-order valence-corrected chi connectivity index (χ0v) is 22.6. The molecule has 200 valence electrons. The lowest BCUT2D eigenvalue weighted by atomic mass is 9.94. The highest BCUT2D eigenvalue weighted by Gasteiger charge is 2.32. The Labute approximate surface area is 225 Å². The molecule has 2 N–H and O–H groups in total. The Morgan fingerprint density at radius 2 is 1.76 bits per heavy atom. The zero-order chi connectivity index (χ0) is 26.6. The number of hydrogen-bond acceptors (Lipinski definition) is 7. The number of rotatable bonds is 6. The summed E-state index contributed by atoms with van der Waals surface area (Å²) in [4.78, 5) is 20.3. The molecule has 0 unspecified atom stereocenters. The van der Waals surface area contributed by atoms with Gasteiger partial charge in [-0.25, -0.2) is 0 Å². The van der Waals surface area contributed by atoms with Gasteiger partial charge in [-0.2, -0.15) is 5.10 Å². The molecule has 8 nitrogen and oxygen atoms in total. The van der Waals surface area contributed by atoms with E-state index < -0.39 is 0 Å². The molecule has 0 bridgehead atoms. The normalized spacial score (nSPS) is 18.5. The van der Waals surface area contributed by atoms with Gasteiger partial charge in [-0.15, -0.1) is 5.10 Å². The molecule has 3 aromatic rings. The van der Waals surface area contributed by atoms with Gasteiger partial charge in [-0.3, -0.25) is 4.79 Å². The Bertz CT molecular complexity index is 1240. The van der Waals surface area contributed by atoms with Crippen LogP contribution in [0.5, 0.6) is 0 Å². The summed E-state index contributed by atoms with van der Waals surface area (Å²) in [6.45, 7) is 9.87. The molecule has 8 heteroatoms. The average molecular weight is 515 g/mol. The number of carbonyl (C=O) groups excluding carboxylic acids is 1. The maximum Gasteiger partial charge on any atom is 0.254 e. The smallest absolute Gasteiger partial charge is 0.254 e. The molecule has 1 aromatic heterocycles. The summed E-state index contributed by atoms with van der Waals surface area (Å²) in [6, 6.07) is 16.4. The maximum absolute atomic E-state index is 13.9. The first-order valence-corrected chi connectivity index (χ1v) is 13.6. The highest BCUT2D eigenvalue weighted by molar-refractivity contribution is 5.99. The summed E-state index contributed by atoms with van der Waals surface area (Å²) in [6.07, 6.45) is 3.69. The second-order valence-corrected chi connectivity index (χ2v) is 10.5. The number of piperidine rings is 1. The number of amides is 1. The van der Waals surface area contributed by atoms with Gasteiger partial charge < -0.3 is 25.1 Å². The molecule has 3 heterocycles. The molecular formula is C30H38N6O2. The summed E-state index contributed by atoms with van der Waals surface area (Å²) in [7, 11) is 0. The molecule has 2 aliphatic heterocycles. The van der Waals surface area contributed by atoms with Crippen LogP contribution in [-0.4, -0.2) is 77.5 Å². The molecule has 2 saturated heterocycles. The Balaban J connectivity index is 1.30. The topological polar surface area (TPSA) is 84.8 Å². The molecular weight excluding hydrogens is 476 g/mol. The Morgan fingerprint density at radius 3 is 2.45 bits per heavy atom. The fourth-order valence-corrected chi connectivity index (χ4v) is 5.97. The van der Waals surface area contributed by atoms with E-state index in [2.05, 4.69) is 57.4 Å². The molecule has 1 amide bonds. The third kappa shape index (κ3) is 5.31. The number of hydrogen-bond donors (Lipinski definition) is 2. The van der Waals surface area contributed by atoms with Gasteiger partial charge in [-0.1, -0.05) is 24.3 Å². The number of aryl methyl sites for hydroxylation is 2. The van der Waals surface area contributed by atoms with Crippen molar-refractivity contribution in [2.45, 2.75) is 45.7 Å². The lowest BCUT2D eigenvalue weighted by Crippen LogP contribution is -2.56. The summed E-state index contributed by atoms with van der Waals surface area (Å²) in [5, 5.41) is 22.2. The van der Waals surface area contributed by atoms with Crippen molar-refractivity contribution in [2.75, 3.05) is 54.4 Å². The third-order valence-corrected chi connectivity index (χ3v) is 7.98. The third-order valence-electron chi connectivity index (χ3n) is 7.98. The van der Waals surface area contributed by atoms with E-state index in [0.29, 0.717) is 25.7 Å². The van der Waals surface area contributed by atoms with Crippen LogP contribution in [0.3, 0.4) is 0 Å². The number of benzene rings is 2. The Morgan fingerprint density at radius 1 is 1.00 bits per heavy atom. The molecule has 0 aliphatic carbocycles. The number of nitrogens with zero attached hydrogens (tertiary/aromatic N) is 5. The van der Waals surface area contributed by atoms with Crippen molar-refractivity contribution in [1.82, 2.24) is 15.1 Å². The van der Waals surface area contributed by atoms with Crippen LogP contribution in [0.25, 0.3) is 0 Å². The van der Waals surface area contributed by atoms with Crippen molar-refractivity contribution in [3.8, 4) is 0 Å².